The minimum absolute atomic E-state index is 0.386. The summed E-state index contributed by atoms with van der Waals surface area (Å²) in [5.74, 6) is 1.22. The Hall–Kier alpha value is -1.27. The van der Waals surface area contributed by atoms with E-state index in [4.69, 9.17) is 9.68 Å². The van der Waals surface area contributed by atoms with Crippen LogP contribution < -0.4 is 5.32 Å². The number of hydrogen-bond acceptors (Lipinski definition) is 3. The highest BCUT2D eigenvalue weighted by Gasteiger charge is 2.45. The fourth-order valence-electron chi connectivity index (χ4n) is 1.57. The molecule has 0 spiro atoms. The summed E-state index contributed by atoms with van der Waals surface area (Å²) in [5.41, 5.74) is 0.435. The second-order valence-electron chi connectivity index (χ2n) is 4.50. The van der Waals surface area contributed by atoms with Crippen molar-refractivity contribution in [3.05, 3.63) is 23.7 Å². The molecule has 1 unspecified atom stereocenters. The first-order valence-corrected chi connectivity index (χ1v) is 4.84. The molecule has 0 amide bonds. The van der Waals surface area contributed by atoms with Crippen LogP contribution in [0.4, 0.5) is 0 Å². The molecule has 0 aromatic carbocycles. The second-order valence-corrected chi connectivity index (χ2v) is 4.50. The molecule has 0 radical (unpaired) electrons. The third kappa shape index (κ3) is 1.80. The van der Waals surface area contributed by atoms with Crippen molar-refractivity contribution in [1.82, 2.24) is 5.32 Å². The van der Waals surface area contributed by atoms with Gasteiger partial charge in [0, 0.05) is 6.04 Å². The number of nitrogens with zero attached hydrogens (tertiary/aromatic N) is 1. The van der Waals surface area contributed by atoms with Gasteiger partial charge in [-0.3, -0.25) is 0 Å². The van der Waals surface area contributed by atoms with Crippen molar-refractivity contribution in [1.29, 1.82) is 5.26 Å². The van der Waals surface area contributed by atoms with Gasteiger partial charge < -0.3 is 9.73 Å². The fraction of sp³-hybridized carbons (Fsp3) is 0.545. The minimum Gasteiger partial charge on any atom is -0.449 e. The maximum atomic E-state index is 8.56. The van der Waals surface area contributed by atoms with Crippen molar-refractivity contribution in [3.63, 3.8) is 0 Å². The summed E-state index contributed by atoms with van der Waals surface area (Å²) in [6, 6.07) is 6.12. The highest BCUT2D eigenvalue weighted by molar-refractivity contribution is 5.19. The summed E-state index contributed by atoms with van der Waals surface area (Å²) < 4.78 is 5.26. The molecule has 1 heterocycles. The molecule has 1 fully saturated rings. The Bertz CT molecular complexity index is 373. The maximum absolute atomic E-state index is 8.56. The van der Waals surface area contributed by atoms with E-state index in [0.29, 0.717) is 17.2 Å². The lowest BCUT2D eigenvalue weighted by atomic mass is 10.2. The molecule has 1 aliphatic rings. The number of rotatable bonds is 3. The molecule has 14 heavy (non-hydrogen) atoms. The highest BCUT2D eigenvalue weighted by atomic mass is 16.3. The first-order valence-electron chi connectivity index (χ1n) is 4.84. The average molecular weight is 190 g/mol. The van der Waals surface area contributed by atoms with Gasteiger partial charge in [0.05, 0.1) is 6.54 Å². The Kier molecular flexibility index (Phi) is 2.09. The molecule has 74 valence electrons. The molecule has 1 aromatic rings. The average Bonchev–Trinajstić information content (AvgIpc) is 2.62. The van der Waals surface area contributed by atoms with Crippen LogP contribution in [0.3, 0.4) is 0 Å². The molecule has 3 heteroatoms. The van der Waals surface area contributed by atoms with Crippen molar-refractivity contribution < 1.29 is 4.42 Å². The number of nitriles is 1. The number of hydrogen-bond donors (Lipinski definition) is 1. The van der Waals surface area contributed by atoms with Gasteiger partial charge in [0.2, 0.25) is 5.76 Å². The largest absolute Gasteiger partial charge is 0.449 e. The minimum atomic E-state index is 0.386. The zero-order chi connectivity index (χ0) is 10.2. The van der Waals surface area contributed by atoms with Gasteiger partial charge in [0.1, 0.15) is 11.8 Å². The molecule has 0 bridgehead atoms. The van der Waals surface area contributed by atoms with Crippen LogP contribution in [0, 0.1) is 16.7 Å². The van der Waals surface area contributed by atoms with E-state index < -0.39 is 0 Å². The van der Waals surface area contributed by atoms with E-state index in [1.165, 1.54) is 6.42 Å². The van der Waals surface area contributed by atoms with Gasteiger partial charge >= 0.3 is 0 Å². The predicted octanol–water partition coefficient (Wildman–Crippen LogP) is 2.04. The summed E-state index contributed by atoms with van der Waals surface area (Å²) in [7, 11) is 0. The van der Waals surface area contributed by atoms with Crippen LogP contribution in [-0.4, -0.2) is 6.04 Å². The monoisotopic (exact) mass is 190 g/mol. The van der Waals surface area contributed by atoms with Gasteiger partial charge in [0.25, 0.3) is 0 Å². The molecule has 1 aliphatic carbocycles. The molecule has 2 rings (SSSR count). The topological polar surface area (TPSA) is 49.0 Å². The third-order valence-electron chi connectivity index (χ3n) is 2.81. The van der Waals surface area contributed by atoms with E-state index >= 15 is 0 Å². The Morgan fingerprint density at radius 2 is 2.36 bits per heavy atom. The van der Waals surface area contributed by atoms with Crippen LogP contribution in [0.2, 0.25) is 0 Å². The van der Waals surface area contributed by atoms with Gasteiger partial charge in [-0.1, -0.05) is 13.8 Å². The normalized spacial score (nSPS) is 23.1. The molecule has 1 saturated carbocycles. The standard InChI is InChI=1S/C11H14N2O/c1-11(2)5-10(11)13-7-9-4-3-8(6-12)14-9/h3-4,10,13H,5,7H2,1-2H3. The van der Waals surface area contributed by atoms with Gasteiger partial charge in [-0.15, -0.1) is 0 Å². The quantitative estimate of drug-likeness (QED) is 0.793. The van der Waals surface area contributed by atoms with Crippen LogP contribution in [0.1, 0.15) is 31.8 Å². The SMILES string of the molecule is CC1(C)CC1NCc1ccc(C#N)o1. The van der Waals surface area contributed by atoms with Crippen LogP contribution >= 0.6 is 0 Å². The van der Waals surface area contributed by atoms with Crippen LogP contribution in [0.15, 0.2) is 16.5 Å². The molecule has 0 aliphatic heterocycles. The molecular weight excluding hydrogens is 176 g/mol. The lowest BCUT2D eigenvalue weighted by Gasteiger charge is -2.03. The maximum Gasteiger partial charge on any atom is 0.203 e. The van der Waals surface area contributed by atoms with Gasteiger partial charge in [0.15, 0.2) is 0 Å². The molecular formula is C11H14N2O. The molecule has 3 nitrogen and oxygen atoms in total. The van der Waals surface area contributed by atoms with Crippen LogP contribution in [0.25, 0.3) is 0 Å². The van der Waals surface area contributed by atoms with Crippen molar-refractivity contribution >= 4 is 0 Å². The second kappa shape index (κ2) is 3.14. The van der Waals surface area contributed by atoms with E-state index in [9.17, 15) is 0 Å². The molecule has 1 atom stereocenters. The Morgan fingerprint density at radius 1 is 1.64 bits per heavy atom. The Morgan fingerprint density at radius 3 is 2.86 bits per heavy atom. The lowest BCUT2D eigenvalue weighted by Crippen LogP contribution is -2.19. The van der Waals surface area contributed by atoms with E-state index in [1.54, 1.807) is 6.07 Å². The summed E-state index contributed by atoms with van der Waals surface area (Å²) >= 11 is 0. The smallest absolute Gasteiger partial charge is 0.203 e. The molecule has 1 N–H and O–H groups in total. The molecule has 0 saturated heterocycles. The number of nitrogens with one attached hydrogen (secondary N) is 1. The summed E-state index contributed by atoms with van der Waals surface area (Å²) in [4.78, 5) is 0. The number of furan rings is 1. The van der Waals surface area contributed by atoms with Crippen LogP contribution in [0.5, 0.6) is 0 Å². The van der Waals surface area contributed by atoms with Crippen LogP contribution in [-0.2, 0) is 6.54 Å². The molecule has 1 aromatic heterocycles. The zero-order valence-electron chi connectivity index (χ0n) is 8.50. The zero-order valence-corrected chi connectivity index (χ0v) is 8.50. The highest BCUT2D eigenvalue weighted by Crippen LogP contribution is 2.44. The fourth-order valence-corrected chi connectivity index (χ4v) is 1.57. The van der Waals surface area contributed by atoms with Gasteiger partial charge in [-0.05, 0) is 24.0 Å². The van der Waals surface area contributed by atoms with Crippen molar-refractivity contribution in [2.45, 2.75) is 32.9 Å². The predicted molar refractivity (Wildman–Crippen MR) is 52.4 cm³/mol. The van der Waals surface area contributed by atoms with Gasteiger partial charge in [-0.25, -0.2) is 0 Å². The lowest BCUT2D eigenvalue weighted by molar-refractivity contribution is 0.456. The van der Waals surface area contributed by atoms with E-state index in [1.807, 2.05) is 12.1 Å². The van der Waals surface area contributed by atoms with Crippen molar-refractivity contribution in [2.75, 3.05) is 0 Å². The van der Waals surface area contributed by atoms with E-state index in [-0.39, 0.29) is 0 Å². The third-order valence-corrected chi connectivity index (χ3v) is 2.81. The Labute approximate surface area is 83.7 Å². The van der Waals surface area contributed by atoms with E-state index in [2.05, 4.69) is 19.2 Å². The summed E-state index contributed by atoms with van der Waals surface area (Å²) in [5, 5.41) is 12.0. The van der Waals surface area contributed by atoms with Gasteiger partial charge in [-0.2, -0.15) is 5.26 Å². The van der Waals surface area contributed by atoms with E-state index in [0.717, 1.165) is 12.3 Å². The Balaban J connectivity index is 1.85. The van der Waals surface area contributed by atoms with Crippen molar-refractivity contribution in [3.8, 4) is 6.07 Å². The summed E-state index contributed by atoms with van der Waals surface area (Å²) in [6.07, 6.45) is 1.22. The first kappa shape index (κ1) is 9.29. The summed E-state index contributed by atoms with van der Waals surface area (Å²) in [6.45, 7) is 5.21. The van der Waals surface area contributed by atoms with Crippen molar-refractivity contribution in [2.24, 2.45) is 5.41 Å². The first-order chi connectivity index (χ1) is 6.62.